The first-order valence-electron chi connectivity index (χ1n) is 11.7. The summed E-state index contributed by atoms with van der Waals surface area (Å²) < 4.78 is 7.65. The number of aromatic nitrogens is 2. The van der Waals surface area contributed by atoms with Crippen LogP contribution in [0.5, 0.6) is 0 Å². The van der Waals surface area contributed by atoms with Crippen LogP contribution >= 0.6 is 11.3 Å². The molecule has 0 aliphatic carbocycles. The molecule has 0 spiro atoms. The zero-order chi connectivity index (χ0) is 21.9. The Hall–Kier alpha value is -2.51. The molecule has 1 unspecified atom stereocenters. The van der Waals surface area contributed by atoms with Gasteiger partial charge in [-0.15, -0.1) is 11.3 Å². The third-order valence-electron chi connectivity index (χ3n) is 6.48. The standard InChI is InChI=1S/C25H29N3O3S/c29-24(27(16-19-7-5-13-31-19)17-20-8-6-14-32-20)18-10-11-21-22(15-18)26-23-9-3-1-2-4-12-28(23)25(21)30/h6,8,10-11,14-15,19H,1-5,7,9,12-13,16-17H2. The molecule has 32 heavy (non-hydrogen) atoms. The largest absolute Gasteiger partial charge is 0.376 e. The van der Waals surface area contributed by atoms with Gasteiger partial charge in [-0.3, -0.25) is 14.2 Å². The third kappa shape index (κ3) is 4.50. The Morgan fingerprint density at radius 1 is 1.19 bits per heavy atom. The average Bonchev–Trinajstić information content (AvgIpc) is 3.48. The smallest absolute Gasteiger partial charge is 0.261 e. The van der Waals surface area contributed by atoms with Crippen LogP contribution in [0.15, 0.2) is 40.5 Å². The van der Waals surface area contributed by atoms with E-state index in [9.17, 15) is 9.59 Å². The second-order valence-electron chi connectivity index (χ2n) is 8.78. The number of hydrogen-bond acceptors (Lipinski definition) is 5. The lowest BCUT2D eigenvalue weighted by molar-refractivity contribution is 0.0510. The van der Waals surface area contributed by atoms with Gasteiger partial charge in [-0.1, -0.05) is 18.9 Å². The van der Waals surface area contributed by atoms with Gasteiger partial charge in [-0.05, 0) is 55.3 Å². The minimum absolute atomic E-state index is 0.0145. The van der Waals surface area contributed by atoms with Crippen LogP contribution in [0.25, 0.3) is 10.9 Å². The van der Waals surface area contributed by atoms with E-state index in [1.165, 1.54) is 6.42 Å². The summed E-state index contributed by atoms with van der Waals surface area (Å²) in [6, 6.07) is 9.42. The van der Waals surface area contributed by atoms with E-state index in [0.717, 1.165) is 62.4 Å². The van der Waals surface area contributed by atoms with Gasteiger partial charge in [0, 0.05) is 36.6 Å². The topological polar surface area (TPSA) is 64.4 Å². The van der Waals surface area contributed by atoms with Gasteiger partial charge in [0.1, 0.15) is 5.82 Å². The van der Waals surface area contributed by atoms with Crippen LogP contribution < -0.4 is 5.56 Å². The first-order valence-corrected chi connectivity index (χ1v) is 12.5. The first kappa shape index (κ1) is 21.3. The molecule has 3 aromatic rings. The van der Waals surface area contributed by atoms with E-state index < -0.39 is 0 Å². The van der Waals surface area contributed by atoms with E-state index >= 15 is 0 Å². The van der Waals surface area contributed by atoms with Crippen LogP contribution in [0, 0.1) is 0 Å². The zero-order valence-electron chi connectivity index (χ0n) is 18.3. The van der Waals surface area contributed by atoms with Crippen molar-refractivity contribution in [2.24, 2.45) is 0 Å². The maximum absolute atomic E-state index is 13.5. The Labute approximate surface area is 191 Å². The van der Waals surface area contributed by atoms with Gasteiger partial charge in [0.2, 0.25) is 0 Å². The molecule has 4 heterocycles. The van der Waals surface area contributed by atoms with Crippen LogP contribution in [-0.4, -0.2) is 39.6 Å². The van der Waals surface area contributed by atoms with Gasteiger partial charge in [-0.25, -0.2) is 4.98 Å². The Morgan fingerprint density at radius 2 is 2.09 bits per heavy atom. The van der Waals surface area contributed by atoms with Gasteiger partial charge in [0.25, 0.3) is 11.5 Å². The molecule has 1 atom stereocenters. The van der Waals surface area contributed by atoms with Crippen molar-refractivity contribution in [2.45, 2.75) is 64.1 Å². The van der Waals surface area contributed by atoms with Crippen LogP contribution in [0.3, 0.4) is 0 Å². The average molecular weight is 452 g/mol. The number of aryl methyl sites for hydroxylation is 1. The molecule has 1 saturated heterocycles. The lowest BCUT2D eigenvalue weighted by Gasteiger charge is -2.25. The summed E-state index contributed by atoms with van der Waals surface area (Å²) in [5, 5.41) is 2.63. The molecule has 2 aliphatic heterocycles. The summed E-state index contributed by atoms with van der Waals surface area (Å²) in [7, 11) is 0. The highest BCUT2D eigenvalue weighted by molar-refractivity contribution is 7.09. The molecule has 0 radical (unpaired) electrons. The second kappa shape index (κ2) is 9.55. The molecule has 6 nitrogen and oxygen atoms in total. The van der Waals surface area contributed by atoms with Crippen LogP contribution in [-0.2, 0) is 24.2 Å². The molecule has 5 rings (SSSR count). The van der Waals surface area contributed by atoms with Crippen molar-refractivity contribution >= 4 is 28.1 Å². The highest BCUT2D eigenvalue weighted by atomic mass is 32.1. The maximum Gasteiger partial charge on any atom is 0.261 e. The Morgan fingerprint density at radius 3 is 2.91 bits per heavy atom. The molecular formula is C25H29N3O3S. The lowest BCUT2D eigenvalue weighted by Crippen LogP contribution is -2.36. The maximum atomic E-state index is 13.5. The Bertz CT molecular complexity index is 1150. The number of nitrogens with zero attached hydrogens (tertiary/aromatic N) is 3. The second-order valence-corrected chi connectivity index (χ2v) is 9.81. The molecular weight excluding hydrogens is 422 g/mol. The number of thiophene rings is 1. The Balaban J connectivity index is 1.47. The van der Waals surface area contributed by atoms with E-state index in [0.29, 0.717) is 29.6 Å². The fraction of sp³-hybridized carbons (Fsp3) is 0.480. The number of benzene rings is 1. The van der Waals surface area contributed by atoms with Crippen molar-refractivity contribution in [3.8, 4) is 0 Å². The minimum atomic E-state index is -0.0376. The number of hydrogen-bond donors (Lipinski definition) is 0. The molecule has 0 saturated carbocycles. The number of carbonyl (C=O) groups is 1. The van der Waals surface area contributed by atoms with Crippen molar-refractivity contribution in [1.82, 2.24) is 14.5 Å². The fourth-order valence-corrected chi connectivity index (χ4v) is 5.47. The van der Waals surface area contributed by atoms with Crippen molar-refractivity contribution in [2.75, 3.05) is 13.2 Å². The molecule has 2 aromatic heterocycles. The highest BCUT2D eigenvalue weighted by Gasteiger charge is 2.24. The number of rotatable bonds is 5. The molecule has 1 aromatic carbocycles. The van der Waals surface area contributed by atoms with Crippen molar-refractivity contribution in [1.29, 1.82) is 0 Å². The van der Waals surface area contributed by atoms with E-state index in [2.05, 4.69) is 6.07 Å². The van der Waals surface area contributed by atoms with Gasteiger partial charge in [0.15, 0.2) is 0 Å². The van der Waals surface area contributed by atoms with Crippen LogP contribution in [0.4, 0.5) is 0 Å². The molecule has 1 fully saturated rings. The fourth-order valence-electron chi connectivity index (χ4n) is 4.75. The van der Waals surface area contributed by atoms with Gasteiger partial charge >= 0.3 is 0 Å². The summed E-state index contributed by atoms with van der Waals surface area (Å²) in [5.74, 6) is 0.811. The predicted octanol–water partition coefficient (Wildman–Crippen LogP) is 4.40. The van der Waals surface area contributed by atoms with Gasteiger partial charge in [0.05, 0.1) is 23.6 Å². The molecule has 7 heteroatoms. The highest BCUT2D eigenvalue weighted by Crippen LogP contribution is 2.21. The third-order valence-corrected chi connectivity index (χ3v) is 7.34. The normalized spacial score (nSPS) is 18.8. The van der Waals surface area contributed by atoms with E-state index in [1.807, 2.05) is 20.9 Å². The van der Waals surface area contributed by atoms with E-state index in [-0.39, 0.29) is 17.6 Å². The van der Waals surface area contributed by atoms with Crippen molar-refractivity contribution in [3.05, 3.63) is 62.3 Å². The Kier molecular flexibility index (Phi) is 6.37. The van der Waals surface area contributed by atoms with Crippen LogP contribution in [0.2, 0.25) is 0 Å². The summed E-state index contributed by atoms with van der Waals surface area (Å²) in [5.41, 5.74) is 1.22. The quantitative estimate of drug-likeness (QED) is 0.577. The summed E-state index contributed by atoms with van der Waals surface area (Å²) in [6.07, 6.45) is 7.31. The zero-order valence-corrected chi connectivity index (χ0v) is 19.1. The molecule has 0 bridgehead atoms. The van der Waals surface area contributed by atoms with E-state index in [4.69, 9.17) is 9.72 Å². The molecule has 1 amide bonds. The molecule has 168 valence electrons. The monoisotopic (exact) mass is 451 g/mol. The van der Waals surface area contributed by atoms with E-state index in [1.54, 1.807) is 29.5 Å². The molecule has 2 aliphatic rings. The van der Waals surface area contributed by atoms with Crippen LogP contribution in [0.1, 0.15) is 59.6 Å². The summed E-state index contributed by atoms with van der Waals surface area (Å²) in [6.45, 7) is 2.64. The first-order chi connectivity index (χ1) is 15.7. The SMILES string of the molecule is O=C(c1ccc2c(=O)n3c(nc2c1)CCCCCC3)N(Cc1cccs1)CC1CCCO1. The van der Waals surface area contributed by atoms with Crippen molar-refractivity contribution < 1.29 is 9.53 Å². The lowest BCUT2D eigenvalue weighted by atomic mass is 10.1. The predicted molar refractivity (Wildman–Crippen MR) is 126 cm³/mol. The van der Waals surface area contributed by atoms with Gasteiger partial charge in [-0.2, -0.15) is 0 Å². The minimum Gasteiger partial charge on any atom is -0.376 e. The number of fused-ring (bicyclic) bond motifs is 2. The number of ether oxygens (including phenoxy) is 1. The molecule has 0 N–H and O–H groups in total. The number of carbonyl (C=O) groups excluding carboxylic acids is 1. The van der Waals surface area contributed by atoms with Gasteiger partial charge < -0.3 is 9.64 Å². The summed E-state index contributed by atoms with van der Waals surface area (Å²) >= 11 is 1.65. The number of amides is 1. The summed E-state index contributed by atoms with van der Waals surface area (Å²) in [4.78, 5) is 34.5. The van der Waals surface area contributed by atoms with Crippen molar-refractivity contribution in [3.63, 3.8) is 0 Å².